The summed E-state index contributed by atoms with van der Waals surface area (Å²) in [6.45, 7) is 1.55. The van der Waals surface area contributed by atoms with Gasteiger partial charge in [-0.25, -0.2) is 14.6 Å². The van der Waals surface area contributed by atoms with Crippen molar-refractivity contribution in [3.05, 3.63) is 16.1 Å². The second-order valence-corrected chi connectivity index (χ2v) is 5.57. The summed E-state index contributed by atoms with van der Waals surface area (Å²) in [5.41, 5.74) is 0.0429. The second kappa shape index (κ2) is 6.67. The molecular formula is C12H17N3O4S. The van der Waals surface area contributed by atoms with Crippen LogP contribution in [0.3, 0.4) is 0 Å². The van der Waals surface area contributed by atoms with E-state index in [9.17, 15) is 14.7 Å². The van der Waals surface area contributed by atoms with E-state index in [2.05, 4.69) is 10.3 Å². The van der Waals surface area contributed by atoms with Crippen LogP contribution < -0.4 is 5.32 Å². The van der Waals surface area contributed by atoms with Crippen LogP contribution in [0.5, 0.6) is 0 Å². The van der Waals surface area contributed by atoms with Gasteiger partial charge in [0.1, 0.15) is 0 Å². The summed E-state index contributed by atoms with van der Waals surface area (Å²) in [6, 6.07) is -0.146. The van der Waals surface area contributed by atoms with Crippen LogP contribution in [-0.2, 0) is 6.42 Å². The number of carbonyl (C=O) groups is 2. The summed E-state index contributed by atoms with van der Waals surface area (Å²) in [6.07, 6.45) is 1.44. The van der Waals surface area contributed by atoms with Gasteiger partial charge in [-0.05, 0) is 12.8 Å². The van der Waals surface area contributed by atoms with E-state index in [1.807, 2.05) is 0 Å². The van der Waals surface area contributed by atoms with Gasteiger partial charge in [-0.1, -0.05) is 0 Å². The Morgan fingerprint density at radius 2 is 2.15 bits per heavy atom. The average Bonchev–Trinajstić information content (AvgIpc) is 2.88. The van der Waals surface area contributed by atoms with Crippen LogP contribution in [0.4, 0.5) is 4.79 Å². The highest BCUT2D eigenvalue weighted by molar-refractivity contribution is 7.09. The molecule has 1 saturated heterocycles. The van der Waals surface area contributed by atoms with Crippen LogP contribution in [-0.4, -0.2) is 57.8 Å². The summed E-state index contributed by atoms with van der Waals surface area (Å²) >= 11 is 1.28. The Morgan fingerprint density at radius 3 is 2.75 bits per heavy atom. The maximum atomic E-state index is 11.8. The van der Waals surface area contributed by atoms with E-state index < -0.39 is 5.97 Å². The SMILES string of the molecule is O=C(O)c1csc(CCNC(=O)N2CCC(O)CC2)n1. The number of carboxylic acid groups (broad SMARTS) is 1. The number of aliphatic hydroxyl groups is 1. The number of rotatable bonds is 4. The van der Waals surface area contributed by atoms with Gasteiger partial charge in [0, 0.05) is 31.4 Å². The normalized spacial score (nSPS) is 16.1. The highest BCUT2D eigenvalue weighted by atomic mass is 32.1. The van der Waals surface area contributed by atoms with Crippen molar-refractivity contribution in [1.82, 2.24) is 15.2 Å². The second-order valence-electron chi connectivity index (χ2n) is 4.63. The van der Waals surface area contributed by atoms with Crippen LogP contribution >= 0.6 is 11.3 Å². The maximum Gasteiger partial charge on any atom is 0.355 e. The molecule has 110 valence electrons. The zero-order valence-electron chi connectivity index (χ0n) is 10.9. The number of likely N-dealkylation sites (tertiary alicyclic amines) is 1. The molecule has 0 saturated carbocycles. The highest BCUT2D eigenvalue weighted by Gasteiger charge is 2.20. The van der Waals surface area contributed by atoms with E-state index in [-0.39, 0.29) is 17.8 Å². The number of aliphatic hydroxyl groups excluding tert-OH is 1. The van der Waals surface area contributed by atoms with Crippen molar-refractivity contribution < 1.29 is 19.8 Å². The van der Waals surface area contributed by atoms with Crippen LogP contribution in [0.25, 0.3) is 0 Å². The fourth-order valence-corrected chi connectivity index (χ4v) is 2.75. The minimum Gasteiger partial charge on any atom is -0.476 e. The van der Waals surface area contributed by atoms with Gasteiger partial charge < -0.3 is 20.4 Å². The van der Waals surface area contributed by atoms with Gasteiger partial charge in [0.2, 0.25) is 0 Å². The van der Waals surface area contributed by atoms with Gasteiger partial charge in [-0.3, -0.25) is 0 Å². The van der Waals surface area contributed by atoms with Crippen molar-refractivity contribution in [3.8, 4) is 0 Å². The van der Waals surface area contributed by atoms with Gasteiger partial charge in [-0.15, -0.1) is 11.3 Å². The van der Waals surface area contributed by atoms with E-state index in [1.54, 1.807) is 4.90 Å². The fourth-order valence-electron chi connectivity index (χ4n) is 1.98. The lowest BCUT2D eigenvalue weighted by Crippen LogP contribution is -2.45. The number of aromatic carboxylic acids is 1. The van der Waals surface area contributed by atoms with Crippen LogP contribution in [0.15, 0.2) is 5.38 Å². The first-order chi connectivity index (χ1) is 9.56. The Balaban J connectivity index is 1.72. The number of carbonyl (C=O) groups excluding carboxylic acids is 1. The van der Waals surface area contributed by atoms with E-state index in [4.69, 9.17) is 5.11 Å². The van der Waals surface area contributed by atoms with E-state index in [1.165, 1.54) is 16.7 Å². The Labute approximate surface area is 120 Å². The lowest BCUT2D eigenvalue weighted by Gasteiger charge is -2.29. The summed E-state index contributed by atoms with van der Waals surface area (Å²) in [5, 5.41) is 23.1. The number of piperidine rings is 1. The number of nitrogens with zero attached hydrogens (tertiary/aromatic N) is 2. The summed E-state index contributed by atoms with van der Waals surface area (Å²) in [5.74, 6) is -1.04. The molecule has 1 aliphatic heterocycles. The number of hydrogen-bond acceptors (Lipinski definition) is 5. The standard InChI is InChI=1S/C12H17N3O4S/c16-8-2-5-15(6-3-8)12(19)13-4-1-10-14-9(7-20-10)11(17)18/h7-8,16H,1-6H2,(H,13,19)(H,17,18). The molecule has 0 aliphatic carbocycles. The molecule has 2 amide bonds. The molecule has 1 aromatic rings. The quantitative estimate of drug-likeness (QED) is 0.753. The van der Waals surface area contributed by atoms with Crippen molar-refractivity contribution >= 4 is 23.3 Å². The van der Waals surface area contributed by atoms with Crippen LogP contribution in [0, 0.1) is 0 Å². The molecule has 0 atom stereocenters. The first kappa shape index (κ1) is 14.7. The first-order valence-corrected chi connectivity index (χ1v) is 7.33. The molecule has 7 nitrogen and oxygen atoms in total. The Kier molecular flexibility index (Phi) is 4.91. The molecule has 0 unspecified atom stereocenters. The molecule has 20 heavy (non-hydrogen) atoms. The van der Waals surface area contributed by atoms with E-state index in [0.29, 0.717) is 43.9 Å². The molecule has 1 aromatic heterocycles. The Morgan fingerprint density at radius 1 is 1.45 bits per heavy atom. The van der Waals surface area contributed by atoms with Gasteiger partial charge in [0.25, 0.3) is 0 Å². The van der Waals surface area contributed by atoms with E-state index >= 15 is 0 Å². The molecule has 1 fully saturated rings. The zero-order valence-corrected chi connectivity index (χ0v) is 11.7. The number of hydrogen-bond donors (Lipinski definition) is 3. The minimum atomic E-state index is -1.04. The summed E-state index contributed by atoms with van der Waals surface area (Å²) in [4.78, 5) is 28.1. The summed E-state index contributed by atoms with van der Waals surface area (Å²) < 4.78 is 0. The third-order valence-corrected chi connectivity index (χ3v) is 4.05. The molecule has 2 heterocycles. The monoisotopic (exact) mass is 299 g/mol. The van der Waals surface area contributed by atoms with Gasteiger partial charge in [0.05, 0.1) is 11.1 Å². The predicted octanol–water partition coefficient (Wildman–Crippen LogP) is 0.550. The fraction of sp³-hybridized carbons (Fsp3) is 0.583. The molecule has 1 aliphatic rings. The van der Waals surface area contributed by atoms with E-state index in [0.717, 1.165) is 0 Å². The van der Waals surface area contributed by atoms with Gasteiger partial charge in [-0.2, -0.15) is 0 Å². The molecule has 0 radical (unpaired) electrons. The minimum absolute atomic E-state index is 0.0429. The number of urea groups is 1. The molecule has 3 N–H and O–H groups in total. The number of aromatic nitrogens is 1. The predicted molar refractivity (Wildman–Crippen MR) is 73.0 cm³/mol. The topological polar surface area (TPSA) is 103 Å². The molecule has 8 heteroatoms. The van der Waals surface area contributed by atoms with Crippen molar-refractivity contribution in [2.24, 2.45) is 0 Å². The average molecular weight is 299 g/mol. The van der Waals surface area contributed by atoms with Crippen molar-refractivity contribution in [2.75, 3.05) is 19.6 Å². The number of amides is 2. The number of thiazole rings is 1. The lowest BCUT2D eigenvalue weighted by atomic mass is 10.1. The largest absolute Gasteiger partial charge is 0.476 e. The first-order valence-electron chi connectivity index (χ1n) is 6.45. The van der Waals surface area contributed by atoms with Crippen LogP contribution in [0.1, 0.15) is 28.3 Å². The highest BCUT2D eigenvalue weighted by Crippen LogP contribution is 2.11. The molecule has 0 bridgehead atoms. The lowest BCUT2D eigenvalue weighted by molar-refractivity contribution is 0.0690. The number of nitrogens with one attached hydrogen (secondary N) is 1. The van der Waals surface area contributed by atoms with Gasteiger partial charge in [0.15, 0.2) is 5.69 Å². The Hall–Kier alpha value is -1.67. The van der Waals surface area contributed by atoms with Gasteiger partial charge >= 0.3 is 12.0 Å². The third-order valence-electron chi connectivity index (χ3n) is 3.14. The third kappa shape index (κ3) is 3.91. The summed E-state index contributed by atoms with van der Waals surface area (Å²) in [7, 11) is 0. The molecule has 0 spiro atoms. The van der Waals surface area contributed by atoms with Crippen molar-refractivity contribution in [1.29, 1.82) is 0 Å². The van der Waals surface area contributed by atoms with Crippen molar-refractivity contribution in [2.45, 2.75) is 25.4 Å². The number of carboxylic acids is 1. The molecule has 2 rings (SSSR count). The van der Waals surface area contributed by atoms with Crippen LogP contribution in [0.2, 0.25) is 0 Å². The molecular weight excluding hydrogens is 282 g/mol. The molecule has 0 aromatic carbocycles. The maximum absolute atomic E-state index is 11.8. The zero-order chi connectivity index (χ0) is 14.5. The Bertz CT molecular complexity index is 483. The smallest absolute Gasteiger partial charge is 0.355 e. The van der Waals surface area contributed by atoms with Crippen molar-refractivity contribution in [3.63, 3.8) is 0 Å².